The minimum atomic E-state index is -4.31. The van der Waals surface area contributed by atoms with E-state index in [2.05, 4.69) is 4.98 Å². The van der Waals surface area contributed by atoms with E-state index >= 15 is 0 Å². The lowest BCUT2D eigenvalue weighted by molar-refractivity contribution is -0.133. The minimum Gasteiger partial charge on any atom is -0.294 e. The van der Waals surface area contributed by atoms with Crippen LogP contribution in [0.4, 0.5) is 13.2 Å². The van der Waals surface area contributed by atoms with Crippen LogP contribution < -0.4 is 0 Å². The van der Waals surface area contributed by atoms with E-state index in [9.17, 15) is 18.0 Å². The number of hydrogen-bond acceptors (Lipinski definition) is 2. The maximum Gasteiger partial charge on any atom is 0.389 e. The second kappa shape index (κ2) is 4.76. The van der Waals surface area contributed by atoms with E-state index in [0.717, 1.165) is 5.39 Å². The van der Waals surface area contributed by atoms with Crippen molar-refractivity contribution in [3.63, 3.8) is 0 Å². The molecule has 2 aromatic rings. The molecule has 0 unspecified atom stereocenters. The van der Waals surface area contributed by atoms with Gasteiger partial charge in [0.05, 0.1) is 11.9 Å². The summed E-state index contributed by atoms with van der Waals surface area (Å²) in [6.45, 7) is 0. The first-order valence-corrected chi connectivity index (χ1v) is 5.40. The molecule has 0 bridgehead atoms. The van der Waals surface area contributed by atoms with Crippen LogP contribution in [-0.2, 0) is 0 Å². The van der Waals surface area contributed by atoms with Crippen LogP contribution in [0.5, 0.6) is 0 Å². The molecule has 1 heterocycles. The number of alkyl halides is 3. The van der Waals surface area contributed by atoms with Crippen molar-refractivity contribution in [1.82, 2.24) is 4.98 Å². The number of fused-ring (bicyclic) bond motifs is 1. The molecule has 94 valence electrons. The van der Waals surface area contributed by atoms with Crippen LogP contribution in [0, 0.1) is 0 Å². The molecule has 5 heteroatoms. The SMILES string of the molecule is O=C(CCC(F)(F)F)c1cnc2ccccc2c1. The Morgan fingerprint density at radius 2 is 1.94 bits per heavy atom. The van der Waals surface area contributed by atoms with Gasteiger partial charge in [0.2, 0.25) is 0 Å². The molecular formula is C13H10F3NO. The summed E-state index contributed by atoms with van der Waals surface area (Å²) in [6, 6.07) is 8.71. The Bertz CT molecular complexity index is 578. The van der Waals surface area contributed by atoms with Crippen molar-refractivity contribution in [3.8, 4) is 0 Å². The molecule has 1 aromatic heterocycles. The summed E-state index contributed by atoms with van der Waals surface area (Å²) in [6.07, 6.45) is -4.62. The maximum atomic E-state index is 12.0. The lowest BCUT2D eigenvalue weighted by Crippen LogP contribution is -2.11. The molecule has 0 radical (unpaired) electrons. The van der Waals surface area contributed by atoms with E-state index in [0.29, 0.717) is 5.52 Å². The highest BCUT2D eigenvalue weighted by atomic mass is 19.4. The molecule has 0 saturated carbocycles. The first kappa shape index (κ1) is 12.5. The average molecular weight is 253 g/mol. The number of Topliss-reactive ketones (excluding diaryl/α,β-unsaturated/α-hetero) is 1. The van der Waals surface area contributed by atoms with E-state index in [-0.39, 0.29) is 5.56 Å². The minimum absolute atomic E-state index is 0.220. The fraction of sp³-hybridized carbons (Fsp3) is 0.231. The van der Waals surface area contributed by atoms with Gasteiger partial charge in [-0.05, 0) is 12.1 Å². The fourth-order valence-corrected chi connectivity index (χ4v) is 1.62. The molecule has 0 N–H and O–H groups in total. The number of hydrogen-bond donors (Lipinski definition) is 0. The van der Waals surface area contributed by atoms with Gasteiger partial charge in [-0.3, -0.25) is 9.78 Å². The van der Waals surface area contributed by atoms with Gasteiger partial charge in [0.15, 0.2) is 5.78 Å². The van der Waals surface area contributed by atoms with Crippen LogP contribution in [0.15, 0.2) is 36.5 Å². The third-order valence-corrected chi connectivity index (χ3v) is 2.55. The molecule has 1 aromatic carbocycles. The van der Waals surface area contributed by atoms with E-state index in [4.69, 9.17) is 0 Å². The van der Waals surface area contributed by atoms with Gasteiger partial charge < -0.3 is 0 Å². The predicted octanol–water partition coefficient (Wildman–Crippen LogP) is 3.76. The topological polar surface area (TPSA) is 30.0 Å². The monoisotopic (exact) mass is 253 g/mol. The molecular weight excluding hydrogens is 243 g/mol. The van der Waals surface area contributed by atoms with Crippen LogP contribution in [-0.4, -0.2) is 16.9 Å². The molecule has 0 fully saturated rings. The van der Waals surface area contributed by atoms with Gasteiger partial charge in [-0.15, -0.1) is 0 Å². The van der Waals surface area contributed by atoms with Crippen molar-refractivity contribution >= 4 is 16.7 Å². The second-order valence-electron chi connectivity index (χ2n) is 3.96. The number of halogens is 3. The van der Waals surface area contributed by atoms with Crippen LogP contribution in [0.1, 0.15) is 23.2 Å². The lowest BCUT2D eigenvalue weighted by atomic mass is 10.1. The zero-order valence-corrected chi connectivity index (χ0v) is 9.37. The second-order valence-corrected chi connectivity index (χ2v) is 3.96. The highest BCUT2D eigenvalue weighted by Gasteiger charge is 2.28. The largest absolute Gasteiger partial charge is 0.389 e. The van der Waals surface area contributed by atoms with Gasteiger partial charge in [-0.1, -0.05) is 18.2 Å². The molecule has 0 aliphatic heterocycles. The van der Waals surface area contributed by atoms with Gasteiger partial charge in [0.25, 0.3) is 0 Å². The number of pyridine rings is 1. The van der Waals surface area contributed by atoms with Gasteiger partial charge in [0.1, 0.15) is 0 Å². The highest BCUT2D eigenvalue weighted by Crippen LogP contribution is 2.23. The van der Waals surface area contributed by atoms with Crippen LogP contribution >= 0.6 is 0 Å². The molecule has 0 saturated heterocycles. The molecule has 0 aliphatic carbocycles. The first-order chi connectivity index (χ1) is 8.46. The van der Waals surface area contributed by atoms with Crippen molar-refractivity contribution in [3.05, 3.63) is 42.1 Å². The third-order valence-electron chi connectivity index (χ3n) is 2.55. The Labute approximate surface area is 101 Å². The zero-order valence-electron chi connectivity index (χ0n) is 9.37. The van der Waals surface area contributed by atoms with Gasteiger partial charge in [-0.2, -0.15) is 13.2 Å². The summed E-state index contributed by atoms with van der Waals surface area (Å²) in [7, 11) is 0. The molecule has 18 heavy (non-hydrogen) atoms. The summed E-state index contributed by atoms with van der Waals surface area (Å²) in [5, 5.41) is 0.746. The normalized spacial score (nSPS) is 11.7. The van der Waals surface area contributed by atoms with Crippen LogP contribution in [0.25, 0.3) is 10.9 Å². The Balaban J connectivity index is 2.18. The van der Waals surface area contributed by atoms with E-state index in [1.165, 1.54) is 6.20 Å². The summed E-state index contributed by atoms with van der Waals surface area (Å²) in [5.41, 5.74) is 0.933. The summed E-state index contributed by atoms with van der Waals surface area (Å²) in [4.78, 5) is 15.6. The zero-order chi connectivity index (χ0) is 13.2. The molecule has 2 rings (SSSR count). The number of ketones is 1. The smallest absolute Gasteiger partial charge is 0.294 e. The number of benzene rings is 1. The van der Waals surface area contributed by atoms with Crippen molar-refractivity contribution in [2.45, 2.75) is 19.0 Å². The number of nitrogens with zero attached hydrogens (tertiary/aromatic N) is 1. The number of carbonyl (C=O) groups excluding carboxylic acids is 1. The molecule has 0 atom stereocenters. The number of para-hydroxylation sites is 1. The maximum absolute atomic E-state index is 12.0. The quantitative estimate of drug-likeness (QED) is 0.779. The number of rotatable bonds is 3. The Morgan fingerprint density at radius 1 is 1.22 bits per heavy atom. The first-order valence-electron chi connectivity index (χ1n) is 5.40. The van der Waals surface area contributed by atoms with Crippen LogP contribution in [0.2, 0.25) is 0 Å². The molecule has 0 amide bonds. The molecule has 2 nitrogen and oxygen atoms in total. The lowest BCUT2D eigenvalue weighted by Gasteiger charge is -2.05. The van der Waals surface area contributed by atoms with Crippen molar-refractivity contribution in [1.29, 1.82) is 0 Å². The average Bonchev–Trinajstić information content (AvgIpc) is 2.34. The van der Waals surface area contributed by atoms with Crippen molar-refractivity contribution in [2.24, 2.45) is 0 Å². The van der Waals surface area contributed by atoms with E-state index < -0.39 is 24.8 Å². The third kappa shape index (κ3) is 3.06. The van der Waals surface area contributed by atoms with Gasteiger partial charge in [-0.25, -0.2) is 0 Å². The Morgan fingerprint density at radius 3 is 2.67 bits per heavy atom. The van der Waals surface area contributed by atoms with Crippen LogP contribution in [0.3, 0.4) is 0 Å². The predicted molar refractivity (Wildman–Crippen MR) is 61.4 cm³/mol. The van der Waals surface area contributed by atoms with Crippen molar-refractivity contribution < 1.29 is 18.0 Å². The van der Waals surface area contributed by atoms with Gasteiger partial charge >= 0.3 is 6.18 Å². The van der Waals surface area contributed by atoms with E-state index in [1.54, 1.807) is 30.3 Å². The summed E-state index contributed by atoms with van der Waals surface area (Å²) >= 11 is 0. The Hall–Kier alpha value is -1.91. The summed E-state index contributed by atoms with van der Waals surface area (Å²) < 4.78 is 36.1. The van der Waals surface area contributed by atoms with Gasteiger partial charge in [0, 0.05) is 23.6 Å². The fourth-order valence-electron chi connectivity index (χ4n) is 1.62. The molecule has 0 spiro atoms. The number of carbonyl (C=O) groups is 1. The van der Waals surface area contributed by atoms with Crippen molar-refractivity contribution in [2.75, 3.05) is 0 Å². The Kier molecular flexibility index (Phi) is 3.32. The summed E-state index contributed by atoms with van der Waals surface area (Å²) in [5.74, 6) is -0.537. The molecule has 0 aliphatic rings. The highest BCUT2D eigenvalue weighted by molar-refractivity contribution is 5.98. The number of aromatic nitrogens is 1. The van der Waals surface area contributed by atoms with E-state index in [1.807, 2.05) is 0 Å². The standard InChI is InChI=1S/C13H10F3NO/c14-13(15,16)6-5-12(18)10-7-9-3-1-2-4-11(9)17-8-10/h1-4,7-8H,5-6H2.